The zero-order chi connectivity index (χ0) is 25.7. The summed E-state index contributed by atoms with van der Waals surface area (Å²) in [4.78, 5) is 9.87. The summed E-state index contributed by atoms with van der Waals surface area (Å²) in [6.07, 6.45) is -4.17. The molecule has 3 aliphatic heterocycles. The monoisotopic (exact) mass is 533 g/mol. The van der Waals surface area contributed by atoms with Gasteiger partial charge in [-0.2, -0.15) is 13.2 Å². The molecule has 194 valence electrons. The number of anilines is 2. The smallest absolute Gasteiger partial charge is 0.353 e. The molecule has 3 aromatic rings. The molecular formula is C25H24ClF4N7. The summed E-state index contributed by atoms with van der Waals surface area (Å²) in [6.45, 7) is 4.79. The molecule has 2 saturated heterocycles. The average molecular weight is 534 g/mol. The van der Waals surface area contributed by atoms with E-state index in [1.807, 2.05) is 22.5 Å². The van der Waals surface area contributed by atoms with E-state index in [0.29, 0.717) is 54.4 Å². The normalized spacial score (nSPS) is 21.7. The highest BCUT2D eigenvalue weighted by molar-refractivity contribution is 6.30. The van der Waals surface area contributed by atoms with Crippen LogP contribution < -0.4 is 9.80 Å². The molecule has 1 spiro atoms. The molecule has 37 heavy (non-hydrogen) atoms. The van der Waals surface area contributed by atoms with Crippen molar-refractivity contribution in [1.29, 1.82) is 0 Å². The summed E-state index contributed by atoms with van der Waals surface area (Å²) in [5.74, 6) is 1.14. The number of alkyl halides is 3. The molecule has 1 aromatic carbocycles. The molecule has 3 fully saturated rings. The molecular weight excluding hydrogens is 510 g/mol. The van der Waals surface area contributed by atoms with Crippen molar-refractivity contribution >= 4 is 23.4 Å². The first kappa shape index (κ1) is 23.2. The Balaban J connectivity index is 1.16. The molecule has 0 bridgehead atoms. The van der Waals surface area contributed by atoms with Gasteiger partial charge in [-0.25, -0.2) is 9.37 Å². The van der Waals surface area contributed by atoms with Gasteiger partial charge in [-0.05, 0) is 55.7 Å². The van der Waals surface area contributed by atoms with Gasteiger partial charge in [0.25, 0.3) is 0 Å². The summed E-state index contributed by atoms with van der Waals surface area (Å²) in [6, 6.07) is 8.41. The molecule has 12 heteroatoms. The molecule has 0 amide bonds. The lowest BCUT2D eigenvalue weighted by atomic mass is 9.73. The van der Waals surface area contributed by atoms with Crippen molar-refractivity contribution in [3.05, 3.63) is 58.3 Å². The van der Waals surface area contributed by atoms with E-state index >= 15 is 0 Å². The Kier molecular flexibility index (Phi) is 4.75. The van der Waals surface area contributed by atoms with Crippen molar-refractivity contribution in [3.63, 3.8) is 0 Å². The Labute approximate surface area is 215 Å². The maximum Gasteiger partial charge on any atom is 0.406 e. The van der Waals surface area contributed by atoms with Crippen LogP contribution in [0.4, 0.5) is 29.3 Å². The minimum absolute atomic E-state index is 0.00178. The van der Waals surface area contributed by atoms with Crippen molar-refractivity contribution in [2.75, 3.05) is 36.0 Å². The molecule has 1 saturated carbocycles. The molecule has 5 heterocycles. The van der Waals surface area contributed by atoms with Gasteiger partial charge in [0.2, 0.25) is 5.95 Å². The van der Waals surface area contributed by atoms with Crippen LogP contribution in [0.5, 0.6) is 0 Å². The van der Waals surface area contributed by atoms with E-state index in [2.05, 4.69) is 20.1 Å². The molecule has 2 aromatic heterocycles. The number of nitrogens with zero attached hydrogens (tertiary/aromatic N) is 7. The first-order valence-electron chi connectivity index (χ1n) is 12.3. The largest absolute Gasteiger partial charge is 0.406 e. The lowest BCUT2D eigenvalue weighted by molar-refractivity contribution is -0.200. The lowest BCUT2D eigenvalue weighted by Crippen LogP contribution is -2.73. The lowest BCUT2D eigenvalue weighted by Gasteiger charge is -2.60. The number of aromatic nitrogens is 4. The van der Waals surface area contributed by atoms with E-state index < -0.39 is 11.7 Å². The van der Waals surface area contributed by atoms with Gasteiger partial charge in [-0.3, -0.25) is 9.47 Å². The van der Waals surface area contributed by atoms with E-state index in [4.69, 9.17) is 11.6 Å². The maximum absolute atomic E-state index is 14.3. The highest BCUT2D eigenvalue weighted by Crippen LogP contribution is 2.55. The molecule has 7 nitrogen and oxygen atoms in total. The van der Waals surface area contributed by atoms with Gasteiger partial charge in [-0.1, -0.05) is 11.6 Å². The molecule has 1 aliphatic carbocycles. The fourth-order valence-corrected chi connectivity index (χ4v) is 6.35. The van der Waals surface area contributed by atoms with Crippen LogP contribution in [0, 0.1) is 18.2 Å². The van der Waals surface area contributed by atoms with Crippen molar-refractivity contribution in [3.8, 4) is 5.69 Å². The van der Waals surface area contributed by atoms with E-state index in [1.54, 1.807) is 18.2 Å². The van der Waals surface area contributed by atoms with Crippen LogP contribution in [0.15, 0.2) is 30.3 Å². The van der Waals surface area contributed by atoms with Gasteiger partial charge < -0.3 is 9.80 Å². The van der Waals surface area contributed by atoms with Crippen molar-refractivity contribution in [1.82, 2.24) is 24.6 Å². The second-order valence-corrected chi connectivity index (χ2v) is 11.3. The molecule has 0 unspecified atom stereocenters. The standard InChI is InChI=1S/C25H24ClF4N7/c1-15-2-4-18(27)21(31-15)34-11-23(12-34)13-35(14-23)22-33-32-20-10-36(24(6-7-24)25(28,29)30)9-16-8-17(26)3-5-19(16)37(20)22/h2-5,8H,6-7,9-14H2,1H3. The van der Waals surface area contributed by atoms with E-state index in [1.165, 1.54) is 11.0 Å². The first-order chi connectivity index (χ1) is 17.6. The summed E-state index contributed by atoms with van der Waals surface area (Å²) >= 11 is 6.26. The summed E-state index contributed by atoms with van der Waals surface area (Å²) < 4.78 is 58.2. The number of halogens is 5. The Morgan fingerprint density at radius 2 is 1.68 bits per heavy atom. The van der Waals surface area contributed by atoms with Gasteiger partial charge in [0.05, 0.1) is 12.2 Å². The summed E-state index contributed by atoms with van der Waals surface area (Å²) in [7, 11) is 0. The van der Waals surface area contributed by atoms with Crippen LogP contribution in [0.3, 0.4) is 0 Å². The van der Waals surface area contributed by atoms with Crippen molar-refractivity contribution in [2.45, 2.75) is 44.6 Å². The number of fused-ring (bicyclic) bond motifs is 3. The average Bonchev–Trinajstić information content (AvgIpc) is 3.54. The molecule has 0 N–H and O–H groups in total. The fourth-order valence-electron chi connectivity index (χ4n) is 6.16. The predicted octanol–water partition coefficient (Wildman–Crippen LogP) is 4.50. The van der Waals surface area contributed by atoms with Gasteiger partial charge in [0.15, 0.2) is 17.5 Å². The zero-order valence-electron chi connectivity index (χ0n) is 20.1. The molecule has 4 aliphatic rings. The minimum atomic E-state index is -4.32. The third-order valence-corrected chi connectivity index (χ3v) is 8.43. The van der Waals surface area contributed by atoms with Gasteiger partial charge in [0, 0.05) is 48.9 Å². The van der Waals surface area contributed by atoms with E-state index in [9.17, 15) is 17.6 Å². The van der Waals surface area contributed by atoms with Crippen LogP contribution >= 0.6 is 11.6 Å². The van der Waals surface area contributed by atoms with Crippen LogP contribution in [0.2, 0.25) is 5.02 Å². The van der Waals surface area contributed by atoms with Crippen LogP contribution in [-0.2, 0) is 13.1 Å². The second kappa shape index (κ2) is 7.57. The minimum Gasteiger partial charge on any atom is -0.353 e. The number of benzene rings is 1. The highest BCUT2D eigenvalue weighted by Gasteiger charge is 2.67. The van der Waals surface area contributed by atoms with E-state index in [0.717, 1.165) is 11.4 Å². The number of hydrogen-bond donors (Lipinski definition) is 0. The van der Waals surface area contributed by atoms with Gasteiger partial charge in [0.1, 0.15) is 5.54 Å². The fraction of sp³-hybridized carbons (Fsp3) is 0.480. The van der Waals surface area contributed by atoms with Crippen LogP contribution in [0.1, 0.15) is 29.9 Å². The second-order valence-electron chi connectivity index (χ2n) is 10.9. The summed E-state index contributed by atoms with van der Waals surface area (Å²) in [5.41, 5.74) is 0.405. The molecule has 0 radical (unpaired) electrons. The van der Waals surface area contributed by atoms with Crippen molar-refractivity contribution < 1.29 is 17.6 Å². The Morgan fingerprint density at radius 1 is 0.946 bits per heavy atom. The number of hydrogen-bond acceptors (Lipinski definition) is 6. The topological polar surface area (TPSA) is 53.3 Å². The summed E-state index contributed by atoms with van der Waals surface area (Å²) in [5, 5.41) is 9.25. The van der Waals surface area contributed by atoms with Gasteiger partial charge in [-0.15, -0.1) is 10.2 Å². The van der Waals surface area contributed by atoms with Crippen LogP contribution in [0.25, 0.3) is 5.69 Å². The third kappa shape index (κ3) is 3.46. The zero-order valence-corrected chi connectivity index (χ0v) is 20.8. The first-order valence-corrected chi connectivity index (χ1v) is 12.6. The third-order valence-electron chi connectivity index (χ3n) is 8.20. The van der Waals surface area contributed by atoms with E-state index in [-0.39, 0.29) is 37.2 Å². The predicted molar refractivity (Wildman–Crippen MR) is 129 cm³/mol. The SMILES string of the molecule is Cc1ccc(F)c(N2CC3(C2)CN(c2nnc4n2-c2ccc(Cl)cc2CN(C2(C(F)(F)F)CC2)C4)C3)n1. The van der Waals surface area contributed by atoms with Crippen molar-refractivity contribution in [2.24, 2.45) is 5.41 Å². The Morgan fingerprint density at radius 3 is 2.38 bits per heavy atom. The number of aryl methyl sites for hydroxylation is 1. The Bertz CT molecular complexity index is 1400. The Hall–Kier alpha value is -2.92. The van der Waals surface area contributed by atoms with Crippen LogP contribution in [-0.4, -0.2) is 62.5 Å². The molecule has 0 atom stereocenters. The molecule has 7 rings (SSSR count). The number of pyridine rings is 1. The maximum atomic E-state index is 14.3. The quantitative estimate of drug-likeness (QED) is 0.462. The highest BCUT2D eigenvalue weighted by atomic mass is 35.5. The van der Waals surface area contributed by atoms with Gasteiger partial charge >= 0.3 is 6.18 Å². The number of rotatable bonds is 3.